The molecule has 2 aromatic rings. The Morgan fingerprint density at radius 2 is 2.09 bits per heavy atom. The van der Waals surface area contributed by atoms with Crippen LogP contribution in [0.25, 0.3) is 0 Å². The molecule has 0 bridgehead atoms. The highest BCUT2D eigenvalue weighted by atomic mass is 32.1. The maximum atomic E-state index is 10.0. The first-order chi connectivity index (χ1) is 11.3. The van der Waals surface area contributed by atoms with Gasteiger partial charge in [0.25, 0.3) is 0 Å². The molecule has 122 valence electrons. The van der Waals surface area contributed by atoms with Crippen LogP contribution in [-0.4, -0.2) is 16.7 Å². The number of nitrogens with zero attached hydrogens (tertiary/aromatic N) is 1. The molecular formula is C19H24N2OS. The molecule has 0 spiro atoms. The zero-order chi connectivity index (χ0) is 15.7. The predicted octanol–water partition coefficient (Wildman–Crippen LogP) is 3.72. The minimum absolute atomic E-state index is 0.151. The Hall–Kier alpha value is -1.23. The Bertz CT molecular complexity index is 678. The van der Waals surface area contributed by atoms with Gasteiger partial charge in [0, 0.05) is 23.5 Å². The zero-order valence-electron chi connectivity index (χ0n) is 13.4. The minimum Gasteiger partial charge on any atom is -0.394 e. The highest BCUT2D eigenvalue weighted by molar-refractivity contribution is 7.11. The Morgan fingerprint density at radius 1 is 1.26 bits per heavy atom. The van der Waals surface area contributed by atoms with E-state index in [4.69, 9.17) is 0 Å². The summed E-state index contributed by atoms with van der Waals surface area (Å²) in [6.07, 6.45) is 9.33. The first-order valence-electron chi connectivity index (χ1n) is 8.70. The van der Waals surface area contributed by atoms with Crippen LogP contribution in [0.5, 0.6) is 0 Å². The molecule has 2 aliphatic carbocycles. The molecule has 0 saturated heterocycles. The number of nitrogens with one attached hydrogen (secondary N) is 1. The molecule has 0 amide bonds. The van der Waals surface area contributed by atoms with Gasteiger partial charge in [-0.3, -0.25) is 0 Å². The molecular weight excluding hydrogens is 304 g/mol. The van der Waals surface area contributed by atoms with Gasteiger partial charge in [-0.2, -0.15) is 0 Å². The lowest BCUT2D eigenvalue weighted by atomic mass is 9.92. The molecule has 4 rings (SSSR count). The maximum absolute atomic E-state index is 10.0. The molecule has 2 N–H and O–H groups in total. The molecule has 23 heavy (non-hydrogen) atoms. The van der Waals surface area contributed by atoms with E-state index in [0.717, 1.165) is 19.4 Å². The van der Waals surface area contributed by atoms with Gasteiger partial charge in [0.05, 0.1) is 17.2 Å². The first kappa shape index (κ1) is 15.3. The summed E-state index contributed by atoms with van der Waals surface area (Å²) < 4.78 is 0. The number of aliphatic hydroxyl groups excluding tert-OH is 1. The van der Waals surface area contributed by atoms with Crippen molar-refractivity contribution in [2.45, 2.75) is 56.5 Å². The van der Waals surface area contributed by atoms with Crippen LogP contribution in [0.1, 0.15) is 59.0 Å². The Morgan fingerprint density at radius 3 is 2.91 bits per heavy atom. The zero-order valence-corrected chi connectivity index (χ0v) is 14.2. The fourth-order valence-electron chi connectivity index (χ4n) is 4.11. The van der Waals surface area contributed by atoms with E-state index in [1.165, 1.54) is 46.7 Å². The summed E-state index contributed by atoms with van der Waals surface area (Å²) >= 11 is 1.85. The van der Waals surface area contributed by atoms with E-state index >= 15 is 0 Å². The number of rotatable bonds is 5. The van der Waals surface area contributed by atoms with Crippen LogP contribution < -0.4 is 5.32 Å². The predicted molar refractivity (Wildman–Crippen MR) is 93.7 cm³/mol. The smallest absolute Gasteiger partial charge is 0.0959 e. The Labute approximate surface area is 141 Å². The van der Waals surface area contributed by atoms with Crippen LogP contribution in [0, 0.1) is 0 Å². The van der Waals surface area contributed by atoms with Crippen LogP contribution in [-0.2, 0) is 18.5 Å². The number of fused-ring (bicyclic) bond motifs is 1. The second-order valence-corrected chi connectivity index (χ2v) is 8.04. The normalized spacial score (nSPS) is 24.2. The van der Waals surface area contributed by atoms with E-state index in [1.807, 2.05) is 17.5 Å². The van der Waals surface area contributed by atoms with E-state index in [-0.39, 0.29) is 12.1 Å². The van der Waals surface area contributed by atoms with E-state index in [0.29, 0.717) is 5.92 Å². The summed E-state index contributed by atoms with van der Waals surface area (Å²) in [6, 6.07) is 8.49. The molecule has 1 saturated carbocycles. The lowest BCUT2D eigenvalue weighted by molar-refractivity contribution is 0.159. The van der Waals surface area contributed by atoms with Crippen LogP contribution in [0.2, 0.25) is 0 Å². The van der Waals surface area contributed by atoms with Crippen LogP contribution >= 0.6 is 11.3 Å². The third-order valence-electron chi connectivity index (χ3n) is 5.50. The molecule has 4 heteroatoms. The van der Waals surface area contributed by atoms with Crippen LogP contribution in [0.4, 0.5) is 0 Å². The van der Waals surface area contributed by atoms with Crippen molar-refractivity contribution in [3.8, 4) is 0 Å². The standard InChI is InChI=1S/C19H24N2OS/c22-13-19(10-9-14-5-3-4-8-17(14)19)21-12-16-11-20-18(23-16)15-6-1-2-7-15/h3-5,8,11,15,21-22H,1-2,6-7,9-10,12-13H2. The van der Waals surface area contributed by atoms with Gasteiger partial charge >= 0.3 is 0 Å². The van der Waals surface area contributed by atoms with Crippen molar-refractivity contribution in [3.05, 3.63) is 51.5 Å². The monoisotopic (exact) mass is 328 g/mol. The van der Waals surface area contributed by atoms with Crippen molar-refractivity contribution in [2.24, 2.45) is 0 Å². The summed E-state index contributed by atoms with van der Waals surface area (Å²) in [7, 11) is 0. The second kappa shape index (κ2) is 6.34. The van der Waals surface area contributed by atoms with E-state index in [2.05, 4.69) is 34.6 Å². The van der Waals surface area contributed by atoms with Crippen molar-refractivity contribution < 1.29 is 5.11 Å². The van der Waals surface area contributed by atoms with Gasteiger partial charge in [-0.15, -0.1) is 11.3 Å². The minimum atomic E-state index is -0.284. The van der Waals surface area contributed by atoms with Crippen molar-refractivity contribution in [3.63, 3.8) is 0 Å². The molecule has 1 heterocycles. The molecule has 1 aromatic carbocycles. The van der Waals surface area contributed by atoms with Crippen molar-refractivity contribution in [2.75, 3.05) is 6.61 Å². The first-order valence-corrected chi connectivity index (χ1v) is 9.51. The average molecular weight is 328 g/mol. The Balaban J connectivity index is 1.48. The van der Waals surface area contributed by atoms with Gasteiger partial charge in [0.2, 0.25) is 0 Å². The van der Waals surface area contributed by atoms with Crippen LogP contribution in [0.15, 0.2) is 30.5 Å². The number of hydrogen-bond donors (Lipinski definition) is 2. The lowest BCUT2D eigenvalue weighted by Gasteiger charge is -2.29. The number of benzene rings is 1. The highest BCUT2D eigenvalue weighted by Gasteiger charge is 2.37. The van der Waals surface area contributed by atoms with Gasteiger partial charge in [0.15, 0.2) is 0 Å². The molecule has 1 unspecified atom stereocenters. The lowest BCUT2D eigenvalue weighted by Crippen LogP contribution is -2.43. The fourth-order valence-corrected chi connectivity index (χ4v) is 5.14. The summed E-state index contributed by atoms with van der Waals surface area (Å²) in [6.45, 7) is 0.942. The summed E-state index contributed by atoms with van der Waals surface area (Å²) in [5.74, 6) is 0.688. The molecule has 1 fully saturated rings. The molecule has 3 nitrogen and oxygen atoms in total. The molecule has 0 aliphatic heterocycles. The van der Waals surface area contributed by atoms with Crippen molar-refractivity contribution >= 4 is 11.3 Å². The van der Waals surface area contributed by atoms with Crippen molar-refractivity contribution in [1.82, 2.24) is 10.3 Å². The molecule has 1 aromatic heterocycles. The topological polar surface area (TPSA) is 45.1 Å². The SMILES string of the molecule is OCC1(NCc2cnc(C3CCCC3)s2)CCc2ccccc21. The van der Waals surface area contributed by atoms with E-state index < -0.39 is 0 Å². The fraction of sp³-hybridized carbons (Fsp3) is 0.526. The van der Waals surface area contributed by atoms with Gasteiger partial charge in [-0.1, -0.05) is 37.1 Å². The highest BCUT2D eigenvalue weighted by Crippen LogP contribution is 2.38. The van der Waals surface area contributed by atoms with Gasteiger partial charge in [-0.25, -0.2) is 4.98 Å². The molecule has 0 radical (unpaired) electrons. The summed E-state index contributed by atoms with van der Waals surface area (Å²) in [4.78, 5) is 5.93. The van der Waals surface area contributed by atoms with Crippen molar-refractivity contribution in [1.29, 1.82) is 0 Å². The number of hydrogen-bond acceptors (Lipinski definition) is 4. The number of thiazole rings is 1. The second-order valence-electron chi connectivity index (χ2n) is 6.90. The third kappa shape index (κ3) is 2.84. The number of aromatic nitrogens is 1. The van der Waals surface area contributed by atoms with E-state index in [9.17, 15) is 5.11 Å². The quantitative estimate of drug-likeness (QED) is 0.879. The van der Waals surface area contributed by atoms with Crippen LogP contribution in [0.3, 0.4) is 0 Å². The third-order valence-corrected chi connectivity index (χ3v) is 6.66. The van der Waals surface area contributed by atoms with Gasteiger partial charge in [0.1, 0.15) is 0 Å². The molecule has 1 atom stereocenters. The average Bonchev–Trinajstić information content (AvgIpc) is 3.32. The Kier molecular flexibility index (Phi) is 4.22. The van der Waals surface area contributed by atoms with Gasteiger partial charge in [-0.05, 0) is 36.8 Å². The summed E-state index contributed by atoms with van der Waals surface area (Å²) in [5.41, 5.74) is 2.35. The molecule has 2 aliphatic rings. The number of aliphatic hydroxyl groups is 1. The summed E-state index contributed by atoms with van der Waals surface area (Å²) in [5, 5.41) is 15.0. The maximum Gasteiger partial charge on any atom is 0.0959 e. The van der Waals surface area contributed by atoms with E-state index in [1.54, 1.807) is 0 Å². The number of aryl methyl sites for hydroxylation is 1. The largest absolute Gasteiger partial charge is 0.394 e. The van der Waals surface area contributed by atoms with Gasteiger partial charge < -0.3 is 10.4 Å².